The van der Waals surface area contributed by atoms with E-state index in [1.807, 2.05) is 0 Å². The number of esters is 1. The zero-order valence-corrected chi connectivity index (χ0v) is 21.6. The highest BCUT2D eigenvalue weighted by molar-refractivity contribution is 5.72. The molecule has 2 unspecified atom stereocenters. The van der Waals surface area contributed by atoms with Crippen LogP contribution in [0.2, 0.25) is 0 Å². The van der Waals surface area contributed by atoms with Gasteiger partial charge in [-0.3, -0.25) is 4.79 Å². The summed E-state index contributed by atoms with van der Waals surface area (Å²) in [5, 5.41) is 0. The van der Waals surface area contributed by atoms with Gasteiger partial charge >= 0.3 is 5.97 Å². The number of carbonyl (C=O) groups excluding carboxylic acids is 1. The summed E-state index contributed by atoms with van der Waals surface area (Å²) >= 11 is 0. The molecule has 0 amide bonds. The van der Waals surface area contributed by atoms with Crippen LogP contribution in [0.3, 0.4) is 0 Å². The monoisotopic (exact) mass is 502 g/mol. The van der Waals surface area contributed by atoms with Crippen LogP contribution in [-0.4, -0.2) is 57.2 Å². The van der Waals surface area contributed by atoms with Crippen LogP contribution in [-0.2, 0) is 46.2 Å². The van der Waals surface area contributed by atoms with Gasteiger partial charge in [-0.2, -0.15) is 0 Å². The molecule has 7 nitrogen and oxygen atoms in total. The fourth-order valence-electron chi connectivity index (χ4n) is 6.43. The van der Waals surface area contributed by atoms with Gasteiger partial charge in [0, 0.05) is 32.7 Å². The molecule has 3 aliphatic heterocycles. The first-order chi connectivity index (χ1) is 17.7. The third kappa shape index (κ3) is 6.87. The van der Waals surface area contributed by atoms with E-state index in [1.54, 1.807) is 7.11 Å². The summed E-state index contributed by atoms with van der Waals surface area (Å²) in [5.74, 6) is 0.425. The molecule has 36 heavy (non-hydrogen) atoms. The summed E-state index contributed by atoms with van der Waals surface area (Å²) in [6.07, 6.45) is 10.1. The second kappa shape index (κ2) is 12.8. The second-order valence-corrected chi connectivity index (χ2v) is 10.9. The Morgan fingerprint density at radius 3 is 2.56 bits per heavy atom. The van der Waals surface area contributed by atoms with Crippen molar-refractivity contribution < 1.29 is 33.2 Å². The average Bonchev–Trinajstić information content (AvgIpc) is 3.39. The number of fused-ring (bicyclic) bond motifs is 1. The fraction of sp³-hybridized carbons (Fsp3) is 0.759. The van der Waals surface area contributed by atoms with E-state index < -0.39 is 0 Å². The summed E-state index contributed by atoms with van der Waals surface area (Å²) < 4.78 is 35.9. The van der Waals surface area contributed by atoms with Crippen LogP contribution < -0.4 is 0 Å². The number of hydrogen-bond donors (Lipinski definition) is 0. The molecular formula is C29H42O7. The maximum absolute atomic E-state index is 12.1. The molecule has 0 aromatic heterocycles. The Hall–Kier alpha value is -1.51. The largest absolute Gasteiger partial charge is 0.462 e. The van der Waals surface area contributed by atoms with Gasteiger partial charge in [0.05, 0.1) is 25.2 Å². The van der Waals surface area contributed by atoms with Crippen molar-refractivity contribution in [3.63, 3.8) is 0 Å². The Kier molecular flexibility index (Phi) is 9.31. The van der Waals surface area contributed by atoms with Crippen molar-refractivity contribution in [1.82, 2.24) is 0 Å². The van der Waals surface area contributed by atoms with Crippen molar-refractivity contribution >= 4 is 5.97 Å². The Bertz CT molecular complexity index is 833. The van der Waals surface area contributed by atoms with Crippen LogP contribution in [0.15, 0.2) is 24.3 Å². The standard InChI is InChI=1S/C29H42O7/c1-31-19-21-8-6-7-20(15-21)16-22(34-28-9-2-4-13-32-28)11-12-23-24-17-27(30)35-26(24)18-25(23)36-29-10-3-5-14-33-29/h6-8,15,22-26,28-29H,2-5,9-14,16-19H2,1H3/t22-,23+,24+,25+,26-,28?,29?/m0/s1. The summed E-state index contributed by atoms with van der Waals surface area (Å²) in [5.41, 5.74) is 2.42. The minimum absolute atomic E-state index is 0.0251. The summed E-state index contributed by atoms with van der Waals surface area (Å²) in [7, 11) is 1.72. The molecule has 1 saturated carbocycles. The normalized spacial score (nSPS) is 33.3. The maximum atomic E-state index is 12.1. The molecular weight excluding hydrogens is 460 g/mol. The Morgan fingerprint density at radius 1 is 1.03 bits per heavy atom. The SMILES string of the molecule is COCc1cccc(C[C@H](CC[C@@H]2[C@H]3CC(=O)O[C@H]3C[C@H]2OC2CCCCO2)OC2CCCCO2)c1. The number of hydrogen-bond acceptors (Lipinski definition) is 7. The molecule has 1 aromatic carbocycles. The Balaban J connectivity index is 1.26. The maximum Gasteiger partial charge on any atom is 0.306 e. The third-order valence-corrected chi connectivity index (χ3v) is 8.19. The van der Waals surface area contributed by atoms with Crippen LogP contribution >= 0.6 is 0 Å². The molecule has 0 spiro atoms. The molecule has 3 heterocycles. The number of ether oxygens (including phenoxy) is 6. The molecule has 7 heteroatoms. The first-order valence-electron chi connectivity index (χ1n) is 14.0. The van der Waals surface area contributed by atoms with Gasteiger partial charge < -0.3 is 28.4 Å². The zero-order chi connectivity index (χ0) is 24.7. The van der Waals surface area contributed by atoms with Gasteiger partial charge in [0.1, 0.15) is 6.10 Å². The third-order valence-electron chi connectivity index (χ3n) is 8.19. The summed E-state index contributed by atoms with van der Waals surface area (Å²) in [6.45, 7) is 2.14. The van der Waals surface area contributed by atoms with Gasteiger partial charge in [0.15, 0.2) is 12.6 Å². The van der Waals surface area contributed by atoms with Crippen molar-refractivity contribution in [3.05, 3.63) is 35.4 Å². The first-order valence-corrected chi connectivity index (χ1v) is 14.0. The molecule has 5 rings (SSSR count). The van der Waals surface area contributed by atoms with E-state index in [-0.39, 0.29) is 48.7 Å². The Morgan fingerprint density at radius 2 is 1.81 bits per heavy atom. The van der Waals surface area contributed by atoms with Crippen LogP contribution in [0.1, 0.15) is 75.3 Å². The summed E-state index contributed by atoms with van der Waals surface area (Å²) in [6, 6.07) is 8.56. The smallest absolute Gasteiger partial charge is 0.306 e. The highest BCUT2D eigenvalue weighted by Gasteiger charge is 2.51. The lowest BCUT2D eigenvalue weighted by Crippen LogP contribution is -2.33. The van der Waals surface area contributed by atoms with E-state index in [0.29, 0.717) is 13.0 Å². The molecule has 7 atom stereocenters. The van der Waals surface area contributed by atoms with Gasteiger partial charge in [0.2, 0.25) is 0 Å². The van der Waals surface area contributed by atoms with E-state index >= 15 is 0 Å². The van der Waals surface area contributed by atoms with Crippen LogP contribution in [0.4, 0.5) is 0 Å². The number of benzene rings is 1. The molecule has 0 N–H and O–H groups in total. The predicted molar refractivity (Wildman–Crippen MR) is 133 cm³/mol. The van der Waals surface area contributed by atoms with E-state index in [4.69, 9.17) is 28.4 Å². The molecule has 200 valence electrons. The van der Waals surface area contributed by atoms with Gasteiger partial charge in [-0.15, -0.1) is 0 Å². The molecule has 0 radical (unpaired) electrons. The molecule has 0 bridgehead atoms. The van der Waals surface area contributed by atoms with Crippen molar-refractivity contribution in [2.75, 3.05) is 20.3 Å². The lowest BCUT2D eigenvalue weighted by Gasteiger charge is -2.32. The van der Waals surface area contributed by atoms with E-state index in [2.05, 4.69) is 24.3 Å². The van der Waals surface area contributed by atoms with Crippen molar-refractivity contribution in [2.24, 2.45) is 11.8 Å². The topological polar surface area (TPSA) is 72.5 Å². The number of rotatable bonds is 11. The average molecular weight is 503 g/mol. The molecule has 4 fully saturated rings. The number of methoxy groups -OCH3 is 1. The number of carbonyl (C=O) groups is 1. The van der Waals surface area contributed by atoms with Gasteiger partial charge in [-0.25, -0.2) is 0 Å². The highest BCUT2D eigenvalue weighted by Crippen LogP contribution is 2.46. The van der Waals surface area contributed by atoms with Gasteiger partial charge in [0.25, 0.3) is 0 Å². The zero-order valence-electron chi connectivity index (χ0n) is 21.6. The van der Waals surface area contributed by atoms with Crippen LogP contribution in [0.25, 0.3) is 0 Å². The minimum Gasteiger partial charge on any atom is -0.462 e. The lowest BCUT2D eigenvalue weighted by atomic mass is 9.86. The summed E-state index contributed by atoms with van der Waals surface area (Å²) in [4.78, 5) is 12.1. The fourth-order valence-corrected chi connectivity index (χ4v) is 6.43. The minimum atomic E-state index is -0.138. The van der Waals surface area contributed by atoms with E-state index in [1.165, 1.54) is 11.1 Å². The van der Waals surface area contributed by atoms with E-state index in [0.717, 1.165) is 77.4 Å². The van der Waals surface area contributed by atoms with Gasteiger partial charge in [-0.1, -0.05) is 24.3 Å². The molecule has 3 saturated heterocycles. The predicted octanol–water partition coefficient (Wildman–Crippen LogP) is 4.93. The van der Waals surface area contributed by atoms with Crippen molar-refractivity contribution in [3.8, 4) is 0 Å². The van der Waals surface area contributed by atoms with Crippen molar-refractivity contribution in [1.29, 1.82) is 0 Å². The van der Waals surface area contributed by atoms with E-state index in [9.17, 15) is 4.79 Å². The van der Waals surface area contributed by atoms with Gasteiger partial charge in [-0.05, 0) is 74.8 Å². The van der Waals surface area contributed by atoms with Crippen molar-refractivity contribution in [2.45, 2.75) is 108 Å². The quantitative estimate of drug-likeness (QED) is 0.397. The second-order valence-electron chi connectivity index (χ2n) is 10.9. The Labute approximate surface area is 215 Å². The molecule has 1 aliphatic carbocycles. The molecule has 4 aliphatic rings. The van der Waals surface area contributed by atoms with Crippen LogP contribution in [0, 0.1) is 11.8 Å². The lowest BCUT2D eigenvalue weighted by molar-refractivity contribution is -0.201. The molecule has 1 aromatic rings. The van der Waals surface area contributed by atoms with Crippen LogP contribution in [0.5, 0.6) is 0 Å². The first kappa shape index (κ1) is 26.1. The highest BCUT2D eigenvalue weighted by atomic mass is 16.7.